The number of ether oxygens (including phenoxy) is 2. The minimum atomic E-state index is -0.895. The summed E-state index contributed by atoms with van der Waals surface area (Å²) in [6.45, 7) is 9.49. The number of benzene rings is 1. The van der Waals surface area contributed by atoms with E-state index in [2.05, 4.69) is 5.10 Å². The summed E-state index contributed by atoms with van der Waals surface area (Å²) < 4.78 is 12.1. The smallest absolute Gasteiger partial charge is 0.414 e. The number of hydrogen-bond donors (Lipinski definition) is 1. The van der Waals surface area contributed by atoms with Gasteiger partial charge in [-0.15, -0.1) is 0 Å². The first kappa shape index (κ1) is 22.6. The predicted octanol–water partition coefficient (Wildman–Crippen LogP) is 3.65. The van der Waals surface area contributed by atoms with Gasteiger partial charge in [0.05, 0.1) is 55.5 Å². The normalized spacial score (nSPS) is 16.3. The van der Waals surface area contributed by atoms with E-state index in [0.29, 0.717) is 17.9 Å². The van der Waals surface area contributed by atoms with Crippen molar-refractivity contribution in [1.29, 1.82) is 0 Å². The molecule has 2 amide bonds. The lowest BCUT2D eigenvalue weighted by molar-refractivity contribution is 0.0577. The van der Waals surface area contributed by atoms with E-state index in [1.54, 1.807) is 49.5 Å². The van der Waals surface area contributed by atoms with Crippen molar-refractivity contribution in [1.82, 2.24) is 9.78 Å². The number of anilines is 2. The maximum atomic E-state index is 12.8. The summed E-state index contributed by atoms with van der Waals surface area (Å²) in [4.78, 5) is 28.3. The molecule has 1 N–H and O–H groups in total. The van der Waals surface area contributed by atoms with E-state index in [9.17, 15) is 14.7 Å². The minimum absolute atomic E-state index is 0.270. The van der Waals surface area contributed by atoms with E-state index >= 15 is 0 Å². The lowest BCUT2D eigenvalue weighted by atomic mass is 10.0. The third kappa shape index (κ3) is 4.99. The molecule has 2 aromatic rings. The zero-order valence-corrected chi connectivity index (χ0v) is 18.8. The van der Waals surface area contributed by atoms with Crippen molar-refractivity contribution in [3.05, 3.63) is 30.6 Å². The molecular formula is C22H30N4O5. The van der Waals surface area contributed by atoms with Gasteiger partial charge in [0, 0.05) is 11.8 Å². The molecule has 1 aromatic heterocycles. The van der Waals surface area contributed by atoms with Crippen LogP contribution in [0.1, 0.15) is 34.6 Å². The molecule has 1 aliphatic rings. The van der Waals surface area contributed by atoms with Gasteiger partial charge in [-0.3, -0.25) is 14.5 Å². The second-order valence-corrected chi connectivity index (χ2v) is 8.67. The fourth-order valence-corrected chi connectivity index (χ4v) is 3.61. The van der Waals surface area contributed by atoms with Crippen molar-refractivity contribution in [2.24, 2.45) is 0 Å². The Morgan fingerprint density at radius 1 is 1.23 bits per heavy atom. The van der Waals surface area contributed by atoms with E-state index in [1.807, 2.05) is 25.3 Å². The van der Waals surface area contributed by atoms with E-state index in [0.717, 1.165) is 11.1 Å². The van der Waals surface area contributed by atoms with Crippen LogP contribution in [0.4, 0.5) is 21.0 Å². The fraction of sp³-hybridized carbons (Fsp3) is 0.500. The van der Waals surface area contributed by atoms with Gasteiger partial charge in [0.1, 0.15) is 0 Å². The molecule has 0 radical (unpaired) electrons. The Kier molecular flexibility index (Phi) is 6.26. The second-order valence-electron chi connectivity index (χ2n) is 8.67. The first-order valence-corrected chi connectivity index (χ1v) is 10.2. The zero-order valence-electron chi connectivity index (χ0n) is 18.8. The van der Waals surface area contributed by atoms with Crippen LogP contribution in [-0.4, -0.2) is 58.5 Å². The fourth-order valence-electron chi connectivity index (χ4n) is 3.61. The van der Waals surface area contributed by atoms with Gasteiger partial charge in [-0.25, -0.2) is 9.59 Å². The molecule has 168 valence electrons. The quantitative estimate of drug-likeness (QED) is 0.795. The van der Waals surface area contributed by atoms with Crippen molar-refractivity contribution in [2.45, 2.75) is 58.9 Å². The van der Waals surface area contributed by atoms with Crippen molar-refractivity contribution in [2.75, 3.05) is 23.5 Å². The topological polar surface area (TPSA) is 97.1 Å². The molecule has 0 aliphatic carbocycles. The van der Waals surface area contributed by atoms with Crippen LogP contribution in [0.15, 0.2) is 30.6 Å². The van der Waals surface area contributed by atoms with Gasteiger partial charge >= 0.3 is 12.2 Å². The average molecular weight is 431 g/mol. The molecule has 1 aromatic carbocycles. The summed E-state index contributed by atoms with van der Waals surface area (Å²) >= 11 is 0. The van der Waals surface area contributed by atoms with Crippen LogP contribution in [0, 0.1) is 0 Å². The number of amides is 2. The van der Waals surface area contributed by atoms with Crippen molar-refractivity contribution in [3.63, 3.8) is 0 Å². The van der Waals surface area contributed by atoms with E-state index in [-0.39, 0.29) is 18.7 Å². The number of carbonyl (C=O) groups is 2. The highest BCUT2D eigenvalue weighted by molar-refractivity contribution is 6.01. The molecule has 0 saturated heterocycles. The summed E-state index contributed by atoms with van der Waals surface area (Å²) in [5.74, 6) is 0. The minimum Gasteiger partial charge on any atom is -0.452 e. The lowest BCUT2D eigenvalue weighted by Crippen LogP contribution is -2.52. The van der Waals surface area contributed by atoms with E-state index in [4.69, 9.17) is 9.47 Å². The summed E-state index contributed by atoms with van der Waals surface area (Å²) in [7, 11) is 1.33. The molecule has 0 unspecified atom stereocenters. The SMILES string of the molecule is COC(=O)N1c2ccc(-c3cnn(CC(C)(C)O)c3)cc2N(C(=O)OC(C)C)C[C@@H]1C. The van der Waals surface area contributed by atoms with Crippen LogP contribution >= 0.6 is 0 Å². The molecule has 31 heavy (non-hydrogen) atoms. The van der Waals surface area contributed by atoms with Crippen molar-refractivity contribution >= 4 is 23.6 Å². The maximum Gasteiger partial charge on any atom is 0.414 e. The van der Waals surface area contributed by atoms with Gasteiger partial charge in [0.15, 0.2) is 0 Å². The molecule has 0 saturated carbocycles. The largest absolute Gasteiger partial charge is 0.452 e. The lowest BCUT2D eigenvalue weighted by Gasteiger charge is -2.40. The molecule has 1 aliphatic heterocycles. The monoisotopic (exact) mass is 430 g/mol. The molecule has 9 nitrogen and oxygen atoms in total. The highest BCUT2D eigenvalue weighted by Gasteiger charge is 2.36. The third-order valence-corrected chi connectivity index (χ3v) is 4.86. The van der Waals surface area contributed by atoms with E-state index < -0.39 is 17.8 Å². The highest BCUT2D eigenvalue weighted by atomic mass is 16.6. The number of methoxy groups -OCH3 is 1. The molecule has 0 fully saturated rings. The molecule has 2 heterocycles. The number of aliphatic hydroxyl groups is 1. The van der Waals surface area contributed by atoms with Crippen molar-refractivity contribution < 1.29 is 24.2 Å². The maximum absolute atomic E-state index is 12.8. The third-order valence-electron chi connectivity index (χ3n) is 4.86. The van der Waals surface area contributed by atoms with Gasteiger partial charge in [-0.05, 0) is 52.3 Å². The molecule has 0 bridgehead atoms. The zero-order chi connectivity index (χ0) is 22.9. The Labute approximate surface area is 182 Å². The number of aromatic nitrogens is 2. The average Bonchev–Trinajstić information content (AvgIpc) is 3.12. The molecule has 9 heteroatoms. The summed E-state index contributed by atoms with van der Waals surface area (Å²) in [5.41, 5.74) is 1.88. The molecule has 3 rings (SSSR count). The van der Waals surface area contributed by atoms with Crippen LogP contribution in [0.25, 0.3) is 11.1 Å². The first-order valence-electron chi connectivity index (χ1n) is 10.2. The first-order chi connectivity index (χ1) is 14.5. The molecule has 1 atom stereocenters. The Balaban J connectivity index is 2.04. The van der Waals surface area contributed by atoms with E-state index in [1.165, 1.54) is 12.0 Å². The van der Waals surface area contributed by atoms with Gasteiger partial charge in [0.2, 0.25) is 0 Å². The Bertz CT molecular complexity index is 963. The molecule has 0 spiro atoms. The second kappa shape index (κ2) is 8.58. The van der Waals surface area contributed by atoms with Crippen LogP contribution in [0.2, 0.25) is 0 Å². The summed E-state index contributed by atoms with van der Waals surface area (Å²) in [5, 5.41) is 14.4. The van der Waals surface area contributed by atoms with Gasteiger partial charge < -0.3 is 14.6 Å². The Morgan fingerprint density at radius 2 is 1.94 bits per heavy atom. The summed E-state index contributed by atoms with van der Waals surface area (Å²) in [6.07, 6.45) is 2.31. The number of rotatable bonds is 4. The number of carbonyl (C=O) groups excluding carboxylic acids is 2. The predicted molar refractivity (Wildman–Crippen MR) is 117 cm³/mol. The number of fused-ring (bicyclic) bond motifs is 1. The summed E-state index contributed by atoms with van der Waals surface area (Å²) in [6, 6.07) is 5.20. The van der Waals surface area contributed by atoms with Gasteiger partial charge in [-0.2, -0.15) is 5.10 Å². The Hall–Kier alpha value is -3.07. The molecular weight excluding hydrogens is 400 g/mol. The van der Waals surface area contributed by atoms with Gasteiger partial charge in [0.25, 0.3) is 0 Å². The van der Waals surface area contributed by atoms with Crippen LogP contribution in [0.5, 0.6) is 0 Å². The van der Waals surface area contributed by atoms with Crippen LogP contribution < -0.4 is 9.80 Å². The number of hydrogen-bond acceptors (Lipinski definition) is 6. The van der Waals surface area contributed by atoms with Crippen molar-refractivity contribution in [3.8, 4) is 11.1 Å². The highest BCUT2D eigenvalue weighted by Crippen LogP contribution is 2.39. The van der Waals surface area contributed by atoms with Crippen LogP contribution in [0.3, 0.4) is 0 Å². The van der Waals surface area contributed by atoms with Gasteiger partial charge in [-0.1, -0.05) is 6.07 Å². The Morgan fingerprint density at radius 3 is 2.55 bits per heavy atom. The standard InChI is InChI=1S/C22H30N4O5/c1-14(2)31-20(27)25-11-15(3)26(21(28)30-6)18-8-7-16(9-19(18)25)17-10-23-24(12-17)13-22(4,5)29/h7-10,12,14-15,29H,11,13H2,1-6H3/t15-/m0/s1. The number of nitrogens with zero attached hydrogens (tertiary/aromatic N) is 4. The van der Waals surface area contributed by atoms with Crippen LogP contribution in [-0.2, 0) is 16.0 Å².